The summed E-state index contributed by atoms with van der Waals surface area (Å²) >= 11 is 0. The first-order valence-electron chi connectivity index (χ1n) is 3.96. The minimum Gasteiger partial charge on any atom is -0.858 e. The van der Waals surface area contributed by atoms with Crippen LogP contribution in [0.3, 0.4) is 0 Å². The molecule has 13 heavy (non-hydrogen) atoms. The van der Waals surface area contributed by atoms with Crippen LogP contribution in [-0.4, -0.2) is 0 Å². The number of hydrogen-bond donors (Lipinski definition) is 0. The van der Waals surface area contributed by atoms with Crippen LogP contribution in [0, 0.1) is 6.42 Å². The first-order chi connectivity index (χ1) is 5.38. The Labute approximate surface area is 103 Å². The SMILES string of the molecule is [Li+].[Li+].[O-]C1CC[CH-]c2ccccc21. The number of hydrogen-bond acceptors (Lipinski definition) is 1. The monoisotopic (exact) mass is 160 g/mol. The average molecular weight is 160 g/mol. The van der Waals surface area contributed by atoms with Crippen molar-refractivity contribution in [1.29, 1.82) is 0 Å². The summed E-state index contributed by atoms with van der Waals surface area (Å²) in [4.78, 5) is 0. The summed E-state index contributed by atoms with van der Waals surface area (Å²) in [7, 11) is 0. The van der Waals surface area contributed by atoms with Crippen molar-refractivity contribution in [2.24, 2.45) is 0 Å². The maximum absolute atomic E-state index is 11.3. The molecule has 0 aliphatic heterocycles. The van der Waals surface area contributed by atoms with Crippen LogP contribution >= 0.6 is 0 Å². The van der Waals surface area contributed by atoms with Crippen molar-refractivity contribution >= 4 is 0 Å². The molecule has 1 nitrogen and oxygen atoms in total. The minimum atomic E-state index is -0.490. The third kappa shape index (κ3) is 2.85. The van der Waals surface area contributed by atoms with Gasteiger partial charge in [0.25, 0.3) is 0 Å². The van der Waals surface area contributed by atoms with E-state index in [1.165, 1.54) is 0 Å². The molecule has 1 unspecified atom stereocenters. The van der Waals surface area contributed by atoms with Gasteiger partial charge >= 0.3 is 37.7 Å². The Morgan fingerprint density at radius 2 is 1.92 bits per heavy atom. The van der Waals surface area contributed by atoms with Crippen molar-refractivity contribution in [2.75, 3.05) is 0 Å². The van der Waals surface area contributed by atoms with Crippen LogP contribution in [0.4, 0.5) is 0 Å². The van der Waals surface area contributed by atoms with Crippen LogP contribution in [0.15, 0.2) is 24.3 Å². The van der Waals surface area contributed by atoms with Crippen LogP contribution in [0.25, 0.3) is 0 Å². The molecular formula is C10H10Li2O. The van der Waals surface area contributed by atoms with E-state index < -0.39 is 6.10 Å². The average Bonchev–Trinajstić information content (AvgIpc) is 2.06. The first-order valence-corrected chi connectivity index (χ1v) is 3.96. The van der Waals surface area contributed by atoms with Gasteiger partial charge in [0, 0.05) is 0 Å². The van der Waals surface area contributed by atoms with E-state index in [4.69, 9.17) is 0 Å². The first kappa shape index (κ1) is 13.2. The topological polar surface area (TPSA) is 23.1 Å². The van der Waals surface area contributed by atoms with Gasteiger partial charge in [-0.15, -0.1) is 12.1 Å². The largest absolute Gasteiger partial charge is 1.00 e. The Kier molecular flexibility index (Phi) is 5.98. The van der Waals surface area contributed by atoms with Crippen LogP contribution in [0.1, 0.15) is 30.1 Å². The van der Waals surface area contributed by atoms with Gasteiger partial charge in [-0.05, 0) is 0 Å². The summed E-state index contributed by atoms with van der Waals surface area (Å²) in [6.07, 6.45) is 3.35. The smallest absolute Gasteiger partial charge is 0.858 e. The fourth-order valence-electron chi connectivity index (χ4n) is 1.54. The second kappa shape index (κ2) is 5.87. The Morgan fingerprint density at radius 3 is 2.62 bits per heavy atom. The van der Waals surface area contributed by atoms with Crippen molar-refractivity contribution in [3.05, 3.63) is 41.8 Å². The molecule has 1 aliphatic carbocycles. The summed E-state index contributed by atoms with van der Waals surface area (Å²) in [5.41, 5.74) is 2.11. The molecule has 2 rings (SSSR count). The summed E-state index contributed by atoms with van der Waals surface area (Å²) < 4.78 is 0. The predicted octanol–water partition coefficient (Wildman–Crippen LogP) is -4.56. The molecule has 1 aliphatic rings. The van der Waals surface area contributed by atoms with E-state index >= 15 is 0 Å². The zero-order valence-corrected chi connectivity index (χ0v) is 8.29. The van der Waals surface area contributed by atoms with Gasteiger partial charge in [-0.1, -0.05) is 18.9 Å². The molecule has 0 bridgehead atoms. The fraction of sp³-hybridized carbons (Fsp3) is 0.300. The molecular weight excluding hydrogens is 150 g/mol. The molecule has 1 atom stereocenters. The molecule has 0 saturated carbocycles. The molecule has 58 valence electrons. The molecule has 1 aromatic rings. The Hall–Kier alpha value is 0.245. The third-order valence-corrected chi connectivity index (χ3v) is 2.14. The van der Waals surface area contributed by atoms with Gasteiger partial charge in [0.05, 0.1) is 0 Å². The second-order valence-corrected chi connectivity index (χ2v) is 2.90. The van der Waals surface area contributed by atoms with E-state index in [0.717, 1.165) is 24.0 Å². The number of rotatable bonds is 0. The maximum Gasteiger partial charge on any atom is 1.00 e. The normalized spacial score (nSPS) is 18.7. The Balaban J connectivity index is 0.000000720. The molecule has 0 saturated heterocycles. The molecule has 0 N–H and O–H groups in total. The Morgan fingerprint density at radius 1 is 1.23 bits per heavy atom. The fourth-order valence-corrected chi connectivity index (χ4v) is 1.54. The van der Waals surface area contributed by atoms with Crippen LogP contribution in [-0.2, 0) is 0 Å². The van der Waals surface area contributed by atoms with E-state index in [-0.39, 0.29) is 37.7 Å². The summed E-state index contributed by atoms with van der Waals surface area (Å²) in [5.74, 6) is 0. The van der Waals surface area contributed by atoms with Crippen molar-refractivity contribution in [1.82, 2.24) is 0 Å². The molecule has 0 heterocycles. The molecule has 0 fully saturated rings. The molecule has 0 radical (unpaired) electrons. The van der Waals surface area contributed by atoms with Crippen molar-refractivity contribution < 1.29 is 42.8 Å². The number of benzene rings is 1. The molecule has 0 spiro atoms. The van der Waals surface area contributed by atoms with E-state index in [0.29, 0.717) is 0 Å². The third-order valence-electron chi connectivity index (χ3n) is 2.14. The summed E-state index contributed by atoms with van der Waals surface area (Å²) in [6, 6.07) is 7.86. The summed E-state index contributed by atoms with van der Waals surface area (Å²) in [6.45, 7) is 0. The van der Waals surface area contributed by atoms with Crippen LogP contribution in [0.5, 0.6) is 0 Å². The molecule has 3 heteroatoms. The summed E-state index contributed by atoms with van der Waals surface area (Å²) in [5, 5.41) is 11.3. The quantitative estimate of drug-likeness (QED) is 0.277. The Bertz CT molecular complexity index is 263. The van der Waals surface area contributed by atoms with Crippen LogP contribution in [0.2, 0.25) is 0 Å². The molecule has 0 aromatic heterocycles. The van der Waals surface area contributed by atoms with E-state index in [9.17, 15) is 5.11 Å². The van der Waals surface area contributed by atoms with Gasteiger partial charge in [0.15, 0.2) is 0 Å². The standard InChI is InChI=1S/C10H10O.2Li/c11-10-7-3-5-8-4-1-2-6-9(8)10;;/h1-2,4-6,10H,3,7H2;;/q-2;2*+1. The second-order valence-electron chi connectivity index (χ2n) is 2.90. The van der Waals surface area contributed by atoms with Gasteiger partial charge in [0.1, 0.15) is 0 Å². The van der Waals surface area contributed by atoms with Crippen molar-refractivity contribution in [3.63, 3.8) is 0 Å². The van der Waals surface area contributed by atoms with Gasteiger partial charge in [-0.25, -0.2) is 0 Å². The van der Waals surface area contributed by atoms with Crippen molar-refractivity contribution in [3.8, 4) is 0 Å². The van der Waals surface area contributed by atoms with Gasteiger partial charge in [-0.2, -0.15) is 29.7 Å². The zero-order valence-electron chi connectivity index (χ0n) is 8.29. The van der Waals surface area contributed by atoms with E-state index in [1.807, 2.05) is 24.3 Å². The molecule has 1 aromatic carbocycles. The maximum atomic E-state index is 11.3. The number of fused-ring (bicyclic) bond motifs is 1. The predicted molar refractivity (Wildman–Crippen MR) is 41.8 cm³/mol. The van der Waals surface area contributed by atoms with Crippen LogP contribution < -0.4 is 42.8 Å². The van der Waals surface area contributed by atoms with Gasteiger partial charge in [0.2, 0.25) is 0 Å². The van der Waals surface area contributed by atoms with Gasteiger partial charge in [-0.3, -0.25) is 0 Å². The minimum absolute atomic E-state index is 0. The zero-order chi connectivity index (χ0) is 7.68. The van der Waals surface area contributed by atoms with Gasteiger partial charge < -0.3 is 5.11 Å². The van der Waals surface area contributed by atoms with E-state index in [1.54, 1.807) is 0 Å². The molecule has 0 amide bonds. The van der Waals surface area contributed by atoms with Crippen molar-refractivity contribution in [2.45, 2.75) is 18.9 Å². The van der Waals surface area contributed by atoms with E-state index in [2.05, 4.69) is 6.42 Å².